The fourth-order valence-corrected chi connectivity index (χ4v) is 2.03. The molecule has 1 aliphatic rings. The van der Waals surface area contributed by atoms with Gasteiger partial charge < -0.3 is 8.17 Å². The first-order valence-corrected chi connectivity index (χ1v) is 5.33. The standard InChI is InChI=1S/C12H9ClF3N.Ca.2H/c13-11-9(8-4-6-17-7-5-8)2-1-3-10(11)12(14,15)16;;;/h1-8,17H;;;/q;+2;2*-1. The molecule has 0 saturated carbocycles. The van der Waals surface area contributed by atoms with Gasteiger partial charge in [-0.1, -0.05) is 35.9 Å². The van der Waals surface area contributed by atoms with Crippen molar-refractivity contribution in [2.45, 2.75) is 12.1 Å². The number of dihydropyridines is 1. The summed E-state index contributed by atoms with van der Waals surface area (Å²) in [5.41, 5.74) is -0.340. The van der Waals surface area contributed by atoms with Crippen molar-refractivity contribution in [2.75, 3.05) is 0 Å². The minimum atomic E-state index is -4.42. The molecule has 6 heteroatoms. The normalized spacial score (nSPS) is 15.1. The van der Waals surface area contributed by atoms with Crippen LogP contribution in [0.25, 0.3) is 0 Å². The average Bonchev–Trinajstić information content (AvgIpc) is 2.29. The van der Waals surface area contributed by atoms with Crippen molar-refractivity contribution in [2.24, 2.45) is 0 Å². The fraction of sp³-hybridized carbons (Fsp3) is 0.167. The molecule has 1 aliphatic heterocycles. The topological polar surface area (TPSA) is 12.0 Å². The fourth-order valence-electron chi connectivity index (χ4n) is 1.67. The minimum absolute atomic E-state index is 0. The zero-order valence-electron chi connectivity index (χ0n) is 11.3. The van der Waals surface area contributed by atoms with Gasteiger partial charge in [0, 0.05) is 5.92 Å². The third-order valence-electron chi connectivity index (χ3n) is 2.49. The van der Waals surface area contributed by atoms with Gasteiger partial charge in [-0.05, 0) is 24.0 Å². The Balaban J connectivity index is 0. The van der Waals surface area contributed by atoms with Crippen molar-refractivity contribution in [3.63, 3.8) is 0 Å². The number of hydrogen-bond donors (Lipinski definition) is 1. The summed E-state index contributed by atoms with van der Waals surface area (Å²) in [4.78, 5) is 0. The quantitative estimate of drug-likeness (QED) is 0.775. The van der Waals surface area contributed by atoms with Crippen molar-refractivity contribution >= 4 is 49.3 Å². The van der Waals surface area contributed by atoms with Crippen LogP contribution in [-0.4, -0.2) is 37.7 Å². The van der Waals surface area contributed by atoms with Crippen LogP contribution >= 0.6 is 11.6 Å². The summed E-state index contributed by atoms with van der Waals surface area (Å²) in [6, 6.07) is 3.95. The van der Waals surface area contributed by atoms with E-state index in [-0.39, 0.29) is 51.5 Å². The van der Waals surface area contributed by atoms with Crippen molar-refractivity contribution < 1.29 is 16.0 Å². The second-order valence-corrected chi connectivity index (χ2v) is 4.00. The predicted molar refractivity (Wildman–Crippen MR) is 68.6 cm³/mol. The Hall–Kier alpha value is -0.160. The molecule has 1 aromatic rings. The maximum absolute atomic E-state index is 12.7. The number of alkyl halides is 3. The molecule has 0 amide bonds. The number of benzene rings is 1. The molecule has 0 radical (unpaired) electrons. The number of hydrogen-bond acceptors (Lipinski definition) is 1. The number of rotatable bonds is 1. The summed E-state index contributed by atoms with van der Waals surface area (Å²) in [6.45, 7) is 0. The zero-order chi connectivity index (χ0) is 12.5. The zero-order valence-corrected chi connectivity index (χ0v) is 12.3. The van der Waals surface area contributed by atoms with Crippen LogP contribution in [0.15, 0.2) is 42.8 Å². The second kappa shape index (κ2) is 6.33. The van der Waals surface area contributed by atoms with E-state index in [9.17, 15) is 13.2 Å². The molecule has 0 aromatic heterocycles. The summed E-state index contributed by atoms with van der Waals surface area (Å²) < 4.78 is 38.0. The van der Waals surface area contributed by atoms with E-state index in [2.05, 4.69) is 5.32 Å². The van der Waals surface area contributed by atoms with E-state index in [4.69, 9.17) is 11.6 Å². The molecule has 0 bridgehead atoms. The molecular weight excluding hydrogens is 291 g/mol. The summed E-state index contributed by atoms with van der Waals surface area (Å²) in [7, 11) is 0. The first kappa shape index (κ1) is 15.9. The molecule has 0 aliphatic carbocycles. The number of allylic oxidation sites excluding steroid dienone is 2. The van der Waals surface area contributed by atoms with Crippen LogP contribution in [0, 0.1) is 0 Å². The largest absolute Gasteiger partial charge is 2.00 e. The molecule has 18 heavy (non-hydrogen) atoms. The molecule has 2 rings (SSSR count). The van der Waals surface area contributed by atoms with Crippen LogP contribution in [0.2, 0.25) is 5.02 Å². The van der Waals surface area contributed by atoms with Crippen LogP contribution in [0.1, 0.15) is 19.9 Å². The van der Waals surface area contributed by atoms with Gasteiger partial charge in [0.25, 0.3) is 0 Å². The van der Waals surface area contributed by atoms with E-state index in [0.29, 0.717) is 5.56 Å². The van der Waals surface area contributed by atoms with E-state index in [0.717, 1.165) is 6.07 Å². The summed E-state index contributed by atoms with van der Waals surface area (Å²) in [5.74, 6) is -0.231. The van der Waals surface area contributed by atoms with Crippen molar-refractivity contribution in [3.8, 4) is 0 Å². The molecule has 0 fully saturated rings. The van der Waals surface area contributed by atoms with Gasteiger partial charge in [0.1, 0.15) is 0 Å². The Kier molecular flexibility index (Phi) is 5.59. The van der Waals surface area contributed by atoms with Crippen LogP contribution in [0.5, 0.6) is 0 Å². The Morgan fingerprint density at radius 2 is 1.78 bits per heavy atom. The van der Waals surface area contributed by atoms with E-state index < -0.39 is 11.7 Å². The van der Waals surface area contributed by atoms with Gasteiger partial charge in [-0.2, -0.15) is 13.2 Å². The first-order chi connectivity index (χ1) is 8.00. The van der Waals surface area contributed by atoms with Crippen LogP contribution in [0.4, 0.5) is 13.2 Å². The molecule has 0 spiro atoms. The molecular formula is C12H11CaClF3N. The molecule has 1 N–H and O–H groups in total. The molecule has 1 heterocycles. The van der Waals surface area contributed by atoms with Gasteiger partial charge in [0.15, 0.2) is 0 Å². The van der Waals surface area contributed by atoms with Gasteiger partial charge in [0.2, 0.25) is 0 Å². The summed E-state index contributed by atoms with van der Waals surface area (Å²) in [5, 5.41) is 2.59. The molecule has 1 nitrogen and oxygen atoms in total. The monoisotopic (exact) mass is 301 g/mol. The Labute approximate surface area is 141 Å². The molecule has 0 saturated heterocycles. The maximum Gasteiger partial charge on any atom is 2.00 e. The Morgan fingerprint density at radius 3 is 2.33 bits per heavy atom. The third-order valence-corrected chi connectivity index (χ3v) is 2.91. The van der Waals surface area contributed by atoms with Gasteiger partial charge in [0.05, 0.1) is 10.6 Å². The van der Waals surface area contributed by atoms with Crippen LogP contribution < -0.4 is 5.32 Å². The van der Waals surface area contributed by atoms with Gasteiger partial charge in [-0.15, -0.1) is 0 Å². The smallest absolute Gasteiger partial charge is 1.00 e. The summed E-state index contributed by atoms with van der Waals surface area (Å²) >= 11 is 5.82. The molecule has 1 aromatic carbocycles. The van der Waals surface area contributed by atoms with E-state index >= 15 is 0 Å². The number of halogens is 4. The van der Waals surface area contributed by atoms with E-state index in [1.54, 1.807) is 30.6 Å². The second-order valence-electron chi connectivity index (χ2n) is 3.62. The Bertz CT molecular complexity index is 480. The average molecular weight is 302 g/mol. The van der Waals surface area contributed by atoms with E-state index in [1.165, 1.54) is 6.07 Å². The van der Waals surface area contributed by atoms with Crippen molar-refractivity contribution in [1.29, 1.82) is 0 Å². The first-order valence-electron chi connectivity index (χ1n) is 4.95. The van der Waals surface area contributed by atoms with Gasteiger partial charge in [-0.25, -0.2) is 0 Å². The third kappa shape index (κ3) is 3.44. The van der Waals surface area contributed by atoms with E-state index in [1.807, 2.05) is 0 Å². The SMILES string of the molecule is FC(F)(F)c1cccc(C2C=CNC=C2)c1Cl.[Ca+2].[H-].[H-]. The Morgan fingerprint density at radius 1 is 1.17 bits per heavy atom. The van der Waals surface area contributed by atoms with Crippen molar-refractivity contribution in [1.82, 2.24) is 5.32 Å². The molecule has 0 atom stereocenters. The van der Waals surface area contributed by atoms with Crippen LogP contribution in [-0.2, 0) is 6.18 Å². The van der Waals surface area contributed by atoms with Crippen molar-refractivity contribution in [3.05, 3.63) is 58.9 Å². The molecule has 94 valence electrons. The maximum atomic E-state index is 12.7. The predicted octanol–water partition coefficient (Wildman–Crippen LogP) is 3.92. The molecule has 0 unspecified atom stereocenters. The van der Waals surface area contributed by atoms with Gasteiger partial charge in [-0.3, -0.25) is 0 Å². The summed E-state index contributed by atoms with van der Waals surface area (Å²) in [6.07, 6.45) is 2.42. The minimum Gasteiger partial charge on any atom is -1.00 e. The van der Waals surface area contributed by atoms with Gasteiger partial charge >= 0.3 is 43.9 Å². The number of nitrogens with one attached hydrogen (secondary N) is 1. The van der Waals surface area contributed by atoms with Crippen LogP contribution in [0.3, 0.4) is 0 Å².